The molecule has 180 valence electrons. The Kier molecular flexibility index (Phi) is 6.53. The van der Waals surface area contributed by atoms with Crippen molar-refractivity contribution in [3.8, 4) is 22.8 Å². The molecule has 1 aromatic heterocycles. The van der Waals surface area contributed by atoms with Crippen LogP contribution in [0.15, 0.2) is 69.9 Å². The SMILES string of the molecule is COc1ccc(C(=O)COc2c(-c3ccc(C(C)(C)C)cc3)oc3cc(C)c(C)cc3c2=O)cc1. The number of Topliss-reactive ketones (excluding diaryl/α,β-unsaturated/α-hetero) is 1. The van der Waals surface area contributed by atoms with Gasteiger partial charge in [0.05, 0.1) is 12.5 Å². The fourth-order valence-electron chi connectivity index (χ4n) is 3.87. The molecule has 0 bridgehead atoms. The summed E-state index contributed by atoms with van der Waals surface area (Å²) in [6.45, 7) is 10.1. The molecule has 4 aromatic rings. The van der Waals surface area contributed by atoms with Gasteiger partial charge in [0, 0.05) is 11.1 Å². The van der Waals surface area contributed by atoms with Crippen LogP contribution in [0.2, 0.25) is 0 Å². The molecule has 0 aliphatic carbocycles. The van der Waals surface area contributed by atoms with Gasteiger partial charge in [-0.25, -0.2) is 0 Å². The van der Waals surface area contributed by atoms with E-state index in [2.05, 4.69) is 20.8 Å². The normalized spacial score (nSPS) is 11.5. The van der Waals surface area contributed by atoms with Crippen LogP contribution in [-0.4, -0.2) is 19.5 Å². The zero-order chi connectivity index (χ0) is 25.3. The van der Waals surface area contributed by atoms with Crippen molar-refractivity contribution < 1.29 is 18.7 Å². The first-order valence-electron chi connectivity index (χ1n) is 11.6. The van der Waals surface area contributed by atoms with Crippen molar-refractivity contribution in [2.24, 2.45) is 0 Å². The molecule has 0 N–H and O–H groups in total. The monoisotopic (exact) mass is 470 g/mol. The van der Waals surface area contributed by atoms with Gasteiger partial charge in [0.25, 0.3) is 0 Å². The summed E-state index contributed by atoms with van der Waals surface area (Å²) in [7, 11) is 1.57. The van der Waals surface area contributed by atoms with Crippen LogP contribution in [0.3, 0.4) is 0 Å². The number of benzene rings is 3. The number of aryl methyl sites for hydroxylation is 2. The minimum atomic E-state index is -0.299. The largest absolute Gasteiger partial charge is 0.497 e. The van der Waals surface area contributed by atoms with E-state index < -0.39 is 0 Å². The van der Waals surface area contributed by atoms with E-state index in [0.29, 0.717) is 33.6 Å². The Labute approximate surface area is 205 Å². The second-order valence-corrected chi connectivity index (χ2v) is 9.79. The van der Waals surface area contributed by atoms with Gasteiger partial charge in [-0.1, -0.05) is 45.0 Å². The molecule has 4 rings (SSSR count). The lowest BCUT2D eigenvalue weighted by Gasteiger charge is -2.19. The Morgan fingerprint density at radius 1 is 0.914 bits per heavy atom. The number of rotatable bonds is 6. The number of fused-ring (bicyclic) bond motifs is 1. The van der Waals surface area contributed by atoms with Crippen molar-refractivity contribution in [2.75, 3.05) is 13.7 Å². The summed E-state index contributed by atoms with van der Waals surface area (Å²) in [6.07, 6.45) is 0. The van der Waals surface area contributed by atoms with Crippen molar-refractivity contribution in [1.82, 2.24) is 0 Å². The van der Waals surface area contributed by atoms with Crippen molar-refractivity contribution in [3.05, 3.63) is 93.1 Å². The third-order valence-corrected chi connectivity index (χ3v) is 6.24. The van der Waals surface area contributed by atoms with Crippen LogP contribution in [0.25, 0.3) is 22.3 Å². The maximum Gasteiger partial charge on any atom is 0.235 e. The first kappa shape index (κ1) is 24.3. The second-order valence-electron chi connectivity index (χ2n) is 9.79. The Hall–Kier alpha value is -3.86. The fraction of sp³-hybridized carbons (Fsp3) is 0.267. The van der Waals surface area contributed by atoms with Crippen LogP contribution >= 0.6 is 0 Å². The Morgan fingerprint density at radius 2 is 1.54 bits per heavy atom. The van der Waals surface area contributed by atoms with E-state index in [-0.39, 0.29) is 29.0 Å². The van der Waals surface area contributed by atoms with Gasteiger partial charge in [0.2, 0.25) is 11.2 Å². The van der Waals surface area contributed by atoms with Crippen molar-refractivity contribution in [3.63, 3.8) is 0 Å². The topological polar surface area (TPSA) is 65.7 Å². The highest BCUT2D eigenvalue weighted by Gasteiger charge is 2.21. The van der Waals surface area contributed by atoms with Gasteiger partial charge in [-0.15, -0.1) is 0 Å². The van der Waals surface area contributed by atoms with Crippen LogP contribution in [0.4, 0.5) is 0 Å². The van der Waals surface area contributed by atoms with Crippen LogP contribution in [0.1, 0.15) is 47.8 Å². The van der Waals surface area contributed by atoms with E-state index in [9.17, 15) is 9.59 Å². The summed E-state index contributed by atoms with van der Waals surface area (Å²) < 4.78 is 17.3. The van der Waals surface area contributed by atoms with Gasteiger partial charge in [0.15, 0.2) is 18.2 Å². The van der Waals surface area contributed by atoms with E-state index in [1.165, 1.54) is 0 Å². The van der Waals surface area contributed by atoms with Crippen LogP contribution in [0.5, 0.6) is 11.5 Å². The lowest BCUT2D eigenvalue weighted by atomic mass is 9.86. The lowest BCUT2D eigenvalue weighted by Crippen LogP contribution is -2.17. The van der Waals surface area contributed by atoms with E-state index in [0.717, 1.165) is 16.7 Å². The molecule has 0 spiro atoms. The van der Waals surface area contributed by atoms with E-state index in [1.54, 1.807) is 37.4 Å². The summed E-state index contributed by atoms with van der Waals surface area (Å²) in [5, 5.41) is 0.426. The minimum absolute atomic E-state index is 0.0124. The summed E-state index contributed by atoms with van der Waals surface area (Å²) in [5.41, 5.74) is 4.52. The van der Waals surface area contributed by atoms with Gasteiger partial charge in [-0.05, 0) is 72.4 Å². The molecule has 0 saturated carbocycles. The highest BCUT2D eigenvalue weighted by Crippen LogP contribution is 2.33. The van der Waals surface area contributed by atoms with Crippen LogP contribution < -0.4 is 14.9 Å². The summed E-state index contributed by atoms with van der Waals surface area (Å²) in [4.78, 5) is 26.3. The molecule has 5 heteroatoms. The van der Waals surface area contributed by atoms with E-state index in [1.807, 2.05) is 44.2 Å². The van der Waals surface area contributed by atoms with Gasteiger partial charge in [-0.3, -0.25) is 9.59 Å². The molecule has 0 aliphatic rings. The van der Waals surface area contributed by atoms with Gasteiger partial charge in [-0.2, -0.15) is 0 Å². The summed E-state index contributed by atoms with van der Waals surface area (Å²) in [6, 6.07) is 18.3. The minimum Gasteiger partial charge on any atom is -0.497 e. The molecule has 0 radical (unpaired) electrons. The van der Waals surface area contributed by atoms with Crippen molar-refractivity contribution in [2.45, 2.75) is 40.0 Å². The molecule has 0 saturated heterocycles. The van der Waals surface area contributed by atoms with Crippen molar-refractivity contribution in [1.29, 1.82) is 0 Å². The highest BCUT2D eigenvalue weighted by atomic mass is 16.5. The summed E-state index contributed by atoms with van der Waals surface area (Å²) >= 11 is 0. The number of carbonyl (C=O) groups excluding carboxylic acids is 1. The third kappa shape index (κ3) is 4.99. The quantitative estimate of drug-likeness (QED) is 0.295. The maximum atomic E-state index is 13.5. The van der Waals surface area contributed by atoms with E-state index in [4.69, 9.17) is 13.9 Å². The first-order chi connectivity index (χ1) is 16.6. The smallest absolute Gasteiger partial charge is 0.235 e. The molecule has 1 heterocycles. The Balaban J connectivity index is 1.77. The average molecular weight is 471 g/mol. The number of ether oxygens (including phenoxy) is 2. The number of hydrogen-bond donors (Lipinski definition) is 0. The van der Waals surface area contributed by atoms with Crippen LogP contribution in [0, 0.1) is 13.8 Å². The zero-order valence-electron chi connectivity index (χ0n) is 21.0. The fourth-order valence-corrected chi connectivity index (χ4v) is 3.87. The molecular formula is C30H30O5. The molecule has 0 amide bonds. The Bertz CT molecular complexity index is 1440. The highest BCUT2D eigenvalue weighted by molar-refractivity contribution is 5.97. The third-order valence-electron chi connectivity index (χ3n) is 6.24. The molecule has 3 aromatic carbocycles. The maximum absolute atomic E-state index is 13.5. The molecule has 0 unspecified atom stereocenters. The molecule has 0 aliphatic heterocycles. The summed E-state index contributed by atoms with van der Waals surface area (Å²) in [5.74, 6) is 0.755. The zero-order valence-corrected chi connectivity index (χ0v) is 21.0. The lowest BCUT2D eigenvalue weighted by molar-refractivity contribution is 0.0920. The molecule has 5 nitrogen and oxygen atoms in total. The molecular weight excluding hydrogens is 440 g/mol. The predicted molar refractivity (Wildman–Crippen MR) is 139 cm³/mol. The molecule has 0 fully saturated rings. The van der Waals surface area contributed by atoms with Crippen LogP contribution in [-0.2, 0) is 5.41 Å². The number of methoxy groups -OCH3 is 1. The number of ketones is 1. The second kappa shape index (κ2) is 9.41. The van der Waals surface area contributed by atoms with Crippen molar-refractivity contribution >= 4 is 16.8 Å². The molecule has 35 heavy (non-hydrogen) atoms. The molecule has 0 atom stereocenters. The predicted octanol–water partition coefficient (Wildman–Crippen LogP) is 6.64. The number of hydrogen-bond acceptors (Lipinski definition) is 5. The van der Waals surface area contributed by atoms with Gasteiger partial charge < -0.3 is 13.9 Å². The first-order valence-corrected chi connectivity index (χ1v) is 11.6. The van der Waals surface area contributed by atoms with E-state index >= 15 is 0 Å². The van der Waals surface area contributed by atoms with Gasteiger partial charge in [0.1, 0.15) is 11.3 Å². The van der Waals surface area contributed by atoms with Gasteiger partial charge >= 0.3 is 0 Å². The number of carbonyl (C=O) groups is 1. The average Bonchev–Trinajstić information content (AvgIpc) is 2.84. The standard InChI is InChI=1S/C30H30O5/c1-18-15-24-26(16-19(18)2)35-28(21-7-11-22(12-8-21)30(3,4)5)29(27(24)32)34-17-25(31)20-9-13-23(33-6)14-10-20/h7-16H,17H2,1-6H3. The Morgan fingerprint density at radius 3 is 2.14 bits per heavy atom.